The van der Waals surface area contributed by atoms with E-state index in [4.69, 9.17) is 21.1 Å². The Labute approximate surface area is 152 Å². The predicted molar refractivity (Wildman–Crippen MR) is 94.6 cm³/mol. The highest BCUT2D eigenvalue weighted by Crippen LogP contribution is 2.39. The van der Waals surface area contributed by atoms with Gasteiger partial charge >= 0.3 is 0 Å². The fourth-order valence-electron chi connectivity index (χ4n) is 3.00. The fraction of sp³-hybridized carbons (Fsp3) is 0.235. The van der Waals surface area contributed by atoms with Crippen molar-refractivity contribution in [3.05, 3.63) is 56.5 Å². The van der Waals surface area contributed by atoms with Gasteiger partial charge in [-0.3, -0.25) is 0 Å². The molecule has 0 saturated heterocycles. The first-order valence-corrected chi connectivity index (χ1v) is 8.63. The van der Waals surface area contributed by atoms with Crippen LogP contribution >= 0.6 is 27.5 Å². The molecular weight excluding hydrogens is 396 g/mol. The number of ether oxygens (including phenoxy) is 2. The number of phenolic OH excluding ortho intramolecular Hbond substituents is 1. The minimum atomic E-state index is -0.0391. The van der Waals surface area contributed by atoms with E-state index in [9.17, 15) is 5.11 Å². The summed E-state index contributed by atoms with van der Waals surface area (Å²) >= 11 is 9.57. The Morgan fingerprint density at radius 3 is 3.04 bits per heavy atom. The van der Waals surface area contributed by atoms with Gasteiger partial charge in [0.15, 0.2) is 6.79 Å². The van der Waals surface area contributed by atoms with Gasteiger partial charge in [0, 0.05) is 32.6 Å². The molecule has 0 aromatic heterocycles. The summed E-state index contributed by atoms with van der Waals surface area (Å²) in [6.45, 7) is 0.772. The molecule has 5 nitrogen and oxygen atoms in total. The zero-order chi connectivity index (χ0) is 16.7. The van der Waals surface area contributed by atoms with Gasteiger partial charge in [-0.05, 0) is 30.3 Å². The second-order valence-corrected chi connectivity index (χ2v) is 7.05. The van der Waals surface area contributed by atoms with Crippen molar-refractivity contribution in [2.45, 2.75) is 19.1 Å². The first-order valence-electron chi connectivity index (χ1n) is 7.45. The van der Waals surface area contributed by atoms with Gasteiger partial charge in [0.05, 0.1) is 18.4 Å². The molecule has 2 aromatic rings. The molecule has 4 rings (SSSR count). The SMILES string of the molecule is Oc1ccc(Cl)cc1C1=NN[C@@H](c2cc(Br)cc3c2OCOC3)C1. The van der Waals surface area contributed by atoms with Crippen molar-refractivity contribution in [1.82, 2.24) is 5.43 Å². The molecule has 0 aliphatic carbocycles. The van der Waals surface area contributed by atoms with E-state index in [1.807, 2.05) is 12.1 Å². The smallest absolute Gasteiger partial charge is 0.189 e. The van der Waals surface area contributed by atoms with Crippen molar-refractivity contribution in [3.63, 3.8) is 0 Å². The minimum absolute atomic E-state index is 0.0391. The monoisotopic (exact) mass is 408 g/mol. The zero-order valence-corrected chi connectivity index (χ0v) is 14.9. The third-order valence-electron chi connectivity index (χ3n) is 4.10. The van der Waals surface area contributed by atoms with Crippen LogP contribution in [0.5, 0.6) is 11.5 Å². The average Bonchev–Trinajstić information content (AvgIpc) is 3.06. The number of fused-ring (bicyclic) bond motifs is 1. The van der Waals surface area contributed by atoms with Crippen LogP contribution in [0.25, 0.3) is 0 Å². The van der Waals surface area contributed by atoms with E-state index in [0.29, 0.717) is 23.6 Å². The Balaban J connectivity index is 1.65. The molecule has 0 unspecified atom stereocenters. The largest absolute Gasteiger partial charge is 0.507 e. The molecule has 1 atom stereocenters. The number of benzene rings is 2. The van der Waals surface area contributed by atoms with E-state index in [1.54, 1.807) is 18.2 Å². The van der Waals surface area contributed by atoms with E-state index in [1.165, 1.54) is 0 Å². The van der Waals surface area contributed by atoms with Gasteiger partial charge in [-0.2, -0.15) is 5.10 Å². The lowest BCUT2D eigenvalue weighted by molar-refractivity contribution is -0.0173. The summed E-state index contributed by atoms with van der Waals surface area (Å²) in [5, 5.41) is 15.0. The topological polar surface area (TPSA) is 63.1 Å². The summed E-state index contributed by atoms with van der Waals surface area (Å²) in [4.78, 5) is 0. The van der Waals surface area contributed by atoms with Crippen molar-refractivity contribution >= 4 is 33.2 Å². The van der Waals surface area contributed by atoms with Crippen molar-refractivity contribution in [3.8, 4) is 11.5 Å². The molecule has 124 valence electrons. The molecular formula is C17H14BrClN2O3. The Morgan fingerprint density at radius 1 is 1.29 bits per heavy atom. The standard InChI is InChI=1S/C17H14BrClN2O3/c18-10-3-9-7-23-8-24-17(9)13(4-10)15-6-14(20-21-15)12-5-11(19)1-2-16(12)22/h1-5,15,21-22H,6-8H2/t15-/m1/s1. The van der Waals surface area contributed by atoms with Gasteiger partial charge in [-0.1, -0.05) is 27.5 Å². The molecule has 0 fully saturated rings. The summed E-state index contributed by atoms with van der Waals surface area (Å²) in [6, 6.07) is 8.94. The lowest BCUT2D eigenvalue weighted by Crippen LogP contribution is -2.17. The maximum Gasteiger partial charge on any atom is 0.189 e. The average molecular weight is 410 g/mol. The van der Waals surface area contributed by atoms with Crippen molar-refractivity contribution in [2.24, 2.45) is 5.10 Å². The second kappa shape index (κ2) is 6.27. The summed E-state index contributed by atoms with van der Waals surface area (Å²) < 4.78 is 12.0. The third kappa shape index (κ3) is 2.85. The molecule has 0 radical (unpaired) electrons. The van der Waals surface area contributed by atoms with Crippen LogP contribution in [0.1, 0.15) is 29.2 Å². The predicted octanol–water partition coefficient (Wildman–Crippen LogP) is 4.11. The number of nitrogens with one attached hydrogen (secondary N) is 1. The van der Waals surface area contributed by atoms with E-state index >= 15 is 0 Å². The molecule has 0 saturated carbocycles. The second-order valence-electron chi connectivity index (χ2n) is 5.70. The van der Waals surface area contributed by atoms with Crippen molar-refractivity contribution in [1.29, 1.82) is 0 Å². The number of hydrogen-bond donors (Lipinski definition) is 2. The van der Waals surface area contributed by atoms with Gasteiger partial charge in [0.2, 0.25) is 0 Å². The molecule has 2 aliphatic heterocycles. The molecule has 24 heavy (non-hydrogen) atoms. The Kier molecular flexibility index (Phi) is 4.12. The number of nitrogens with zero attached hydrogens (tertiary/aromatic N) is 1. The highest BCUT2D eigenvalue weighted by molar-refractivity contribution is 9.10. The van der Waals surface area contributed by atoms with Crippen molar-refractivity contribution in [2.75, 3.05) is 6.79 Å². The summed E-state index contributed by atoms with van der Waals surface area (Å²) in [7, 11) is 0. The quantitative estimate of drug-likeness (QED) is 0.783. The highest BCUT2D eigenvalue weighted by Gasteiger charge is 2.28. The molecule has 2 heterocycles. The Morgan fingerprint density at radius 2 is 2.17 bits per heavy atom. The molecule has 2 aliphatic rings. The maximum absolute atomic E-state index is 10.1. The zero-order valence-electron chi connectivity index (χ0n) is 12.6. The van der Waals surface area contributed by atoms with E-state index in [-0.39, 0.29) is 18.6 Å². The molecule has 2 N–H and O–H groups in total. The summed E-state index contributed by atoms with van der Waals surface area (Å²) in [5.74, 6) is 1.01. The Hall–Kier alpha value is -1.76. The maximum atomic E-state index is 10.1. The normalized spacial score (nSPS) is 19.2. The first kappa shape index (κ1) is 15.7. The van der Waals surface area contributed by atoms with Crippen LogP contribution in [0, 0.1) is 0 Å². The fourth-order valence-corrected chi connectivity index (χ4v) is 3.69. The summed E-state index contributed by atoms with van der Waals surface area (Å²) in [5.41, 5.74) is 6.57. The van der Waals surface area contributed by atoms with Crippen LogP contribution in [0.3, 0.4) is 0 Å². The molecule has 7 heteroatoms. The third-order valence-corrected chi connectivity index (χ3v) is 4.79. The van der Waals surface area contributed by atoms with Crippen LogP contribution in [-0.2, 0) is 11.3 Å². The Bertz CT molecular complexity index is 841. The minimum Gasteiger partial charge on any atom is -0.507 e. The number of halogens is 2. The van der Waals surface area contributed by atoms with Crippen LogP contribution in [-0.4, -0.2) is 17.6 Å². The van der Waals surface area contributed by atoms with Crippen LogP contribution in [0.15, 0.2) is 39.9 Å². The van der Waals surface area contributed by atoms with Gasteiger partial charge in [-0.15, -0.1) is 0 Å². The number of rotatable bonds is 2. The lowest BCUT2D eigenvalue weighted by Gasteiger charge is -2.23. The van der Waals surface area contributed by atoms with Gasteiger partial charge < -0.3 is 20.0 Å². The molecule has 0 spiro atoms. The van der Waals surface area contributed by atoms with Crippen LogP contribution < -0.4 is 10.2 Å². The van der Waals surface area contributed by atoms with E-state index < -0.39 is 0 Å². The molecule has 0 amide bonds. The number of hydrogen-bond acceptors (Lipinski definition) is 5. The van der Waals surface area contributed by atoms with E-state index in [0.717, 1.165) is 27.1 Å². The first-order chi connectivity index (χ1) is 11.6. The molecule has 2 aromatic carbocycles. The number of aromatic hydroxyl groups is 1. The van der Waals surface area contributed by atoms with E-state index in [2.05, 4.69) is 26.5 Å². The lowest BCUT2D eigenvalue weighted by atomic mass is 9.96. The van der Waals surface area contributed by atoms with Gasteiger partial charge in [0.1, 0.15) is 11.5 Å². The number of phenols is 1. The highest BCUT2D eigenvalue weighted by atomic mass is 79.9. The van der Waals surface area contributed by atoms with Gasteiger partial charge in [-0.25, -0.2) is 0 Å². The van der Waals surface area contributed by atoms with Crippen LogP contribution in [0.4, 0.5) is 0 Å². The van der Waals surface area contributed by atoms with Crippen LogP contribution in [0.2, 0.25) is 5.02 Å². The van der Waals surface area contributed by atoms with Gasteiger partial charge in [0.25, 0.3) is 0 Å². The van der Waals surface area contributed by atoms with Crippen molar-refractivity contribution < 1.29 is 14.6 Å². The molecule has 0 bridgehead atoms. The number of hydrazone groups is 1. The summed E-state index contributed by atoms with van der Waals surface area (Å²) in [6.07, 6.45) is 0.626.